The van der Waals surface area contributed by atoms with Gasteiger partial charge >= 0.3 is 0 Å². The van der Waals surface area contributed by atoms with E-state index in [0.717, 1.165) is 12.1 Å². The van der Waals surface area contributed by atoms with E-state index < -0.39 is 27.2 Å². The molecule has 1 aromatic carbocycles. The van der Waals surface area contributed by atoms with Crippen LogP contribution in [-0.2, 0) is 9.84 Å². The first-order valence-corrected chi connectivity index (χ1v) is 8.02. The number of aliphatic hydroxyl groups is 1. The fourth-order valence-electron chi connectivity index (χ4n) is 2.52. The third-order valence-corrected chi connectivity index (χ3v) is 5.66. The Kier molecular flexibility index (Phi) is 3.88. The van der Waals surface area contributed by atoms with Crippen molar-refractivity contribution in [2.24, 2.45) is 11.1 Å². The molecular weight excluding hydrogens is 293 g/mol. The minimum atomic E-state index is -3.21. The quantitative estimate of drug-likeness (QED) is 0.881. The molecule has 0 saturated carbocycles. The predicted molar refractivity (Wildman–Crippen MR) is 71.1 cm³/mol. The fraction of sp³-hybridized carbons (Fsp3) is 0.500. The summed E-state index contributed by atoms with van der Waals surface area (Å²) in [7, 11) is -3.21. The Morgan fingerprint density at radius 3 is 2.63 bits per heavy atom. The molecule has 106 valence electrons. The molecule has 0 aliphatic carbocycles. The standard InChI is InChI=1S/C12H15ClFNO3S/c13-9-3-8(4-10(14)5-9)11(16)12(6-15)1-2-19(17,18)7-12/h3-5,11,16H,1-2,6-7,15H2. The Bertz CT molecular complexity index is 572. The van der Waals surface area contributed by atoms with Gasteiger partial charge in [-0.15, -0.1) is 0 Å². The topological polar surface area (TPSA) is 80.4 Å². The highest BCUT2D eigenvalue weighted by Crippen LogP contribution is 2.43. The number of hydrogen-bond donors (Lipinski definition) is 2. The minimum absolute atomic E-state index is 0.00962. The van der Waals surface area contributed by atoms with Crippen molar-refractivity contribution in [2.75, 3.05) is 18.1 Å². The number of halogens is 2. The molecule has 0 radical (unpaired) electrons. The molecule has 0 bridgehead atoms. The van der Waals surface area contributed by atoms with Gasteiger partial charge in [0.1, 0.15) is 5.82 Å². The van der Waals surface area contributed by atoms with Crippen molar-refractivity contribution in [1.29, 1.82) is 0 Å². The van der Waals surface area contributed by atoms with E-state index in [1.54, 1.807) is 0 Å². The third kappa shape index (κ3) is 2.91. The second-order valence-electron chi connectivity index (χ2n) is 5.01. The Labute approximate surface area is 116 Å². The van der Waals surface area contributed by atoms with Gasteiger partial charge in [0.2, 0.25) is 0 Å². The molecule has 1 aliphatic rings. The lowest BCUT2D eigenvalue weighted by Crippen LogP contribution is -2.38. The lowest BCUT2D eigenvalue weighted by Gasteiger charge is -2.32. The SMILES string of the molecule is NCC1(C(O)c2cc(F)cc(Cl)c2)CCS(=O)(=O)C1. The smallest absolute Gasteiger partial charge is 0.151 e. The van der Waals surface area contributed by atoms with E-state index in [1.165, 1.54) is 6.07 Å². The molecule has 0 spiro atoms. The molecule has 4 nitrogen and oxygen atoms in total. The first kappa shape index (κ1) is 14.7. The fourth-order valence-corrected chi connectivity index (χ4v) is 4.90. The van der Waals surface area contributed by atoms with Crippen LogP contribution in [0.3, 0.4) is 0 Å². The molecule has 0 amide bonds. The number of benzene rings is 1. The van der Waals surface area contributed by atoms with Crippen LogP contribution in [0.1, 0.15) is 18.1 Å². The monoisotopic (exact) mass is 307 g/mol. The zero-order valence-corrected chi connectivity index (χ0v) is 11.7. The van der Waals surface area contributed by atoms with Crippen molar-refractivity contribution in [3.05, 3.63) is 34.6 Å². The van der Waals surface area contributed by atoms with Gasteiger partial charge in [0.05, 0.1) is 17.6 Å². The zero-order chi connectivity index (χ0) is 14.3. The van der Waals surface area contributed by atoms with Gasteiger partial charge in [0, 0.05) is 17.0 Å². The summed E-state index contributed by atoms with van der Waals surface area (Å²) in [5.74, 6) is -0.773. The minimum Gasteiger partial charge on any atom is -0.388 e. The van der Waals surface area contributed by atoms with E-state index in [2.05, 4.69) is 0 Å². The summed E-state index contributed by atoms with van der Waals surface area (Å²) in [4.78, 5) is 0. The number of aliphatic hydroxyl groups excluding tert-OH is 1. The Morgan fingerprint density at radius 2 is 2.16 bits per heavy atom. The molecule has 2 rings (SSSR count). The van der Waals surface area contributed by atoms with Crippen molar-refractivity contribution in [1.82, 2.24) is 0 Å². The molecule has 2 atom stereocenters. The molecule has 1 heterocycles. The van der Waals surface area contributed by atoms with E-state index in [4.69, 9.17) is 17.3 Å². The first-order chi connectivity index (χ1) is 8.78. The van der Waals surface area contributed by atoms with Crippen LogP contribution in [-0.4, -0.2) is 31.6 Å². The molecule has 1 aliphatic heterocycles. The summed E-state index contributed by atoms with van der Waals surface area (Å²) in [5, 5.41) is 10.5. The van der Waals surface area contributed by atoms with Crippen LogP contribution < -0.4 is 5.73 Å². The van der Waals surface area contributed by atoms with Crippen molar-refractivity contribution >= 4 is 21.4 Å². The summed E-state index contributed by atoms with van der Waals surface area (Å²) in [6.45, 7) is 0.0154. The maximum Gasteiger partial charge on any atom is 0.151 e. The molecule has 3 N–H and O–H groups in total. The van der Waals surface area contributed by atoms with Gasteiger partial charge in [-0.05, 0) is 30.2 Å². The van der Waals surface area contributed by atoms with Gasteiger partial charge in [-0.2, -0.15) is 0 Å². The average molecular weight is 308 g/mol. The van der Waals surface area contributed by atoms with Crippen LogP contribution in [0.25, 0.3) is 0 Å². The van der Waals surface area contributed by atoms with Crippen molar-refractivity contribution in [2.45, 2.75) is 12.5 Å². The molecule has 1 fully saturated rings. The van der Waals surface area contributed by atoms with Gasteiger partial charge < -0.3 is 10.8 Å². The Balaban J connectivity index is 2.39. The summed E-state index contributed by atoms with van der Waals surface area (Å²) < 4.78 is 36.5. The summed E-state index contributed by atoms with van der Waals surface area (Å²) >= 11 is 5.74. The van der Waals surface area contributed by atoms with Crippen LogP contribution in [0.4, 0.5) is 4.39 Å². The molecule has 1 aromatic rings. The van der Waals surface area contributed by atoms with Gasteiger partial charge in [0.15, 0.2) is 9.84 Å². The van der Waals surface area contributed by atoms with E-state index in [9.17, 15) is 17.9 Å². The summed E-state index contributed by atoms with van der Waals surface area (Å²) in [6, 6.07) is 3.70. The average Bonchev–Trinajstić information content (AvgIpc) is 2.64. The van der Waals surface area contributed by atoms with Crippen LogP contribution in [0.15, 0.2) is 18.2 Å². The number of hydrogen-bond acceptors (Lipinski definition) is 4. The lowest BCUT2D eigenvalue weighted by atomic mass is 9.78. The number of sulfone groups is 1. The second kappa shape index (κ2) is 5.01. The molecular formula is C12H15ClFNO3S. The highest BCUT2D eigenvalue weighted by molar-refractivity contribution is 7.91. The lowest BCUT2D eigenvalue weighted by molar-refractivity contribution is 0.0469. The van der Waals surface area contributed by atoms with Crippen molar-refractivity contribution < 1.29 is 17.9 Å². The maximum atomic E-state index is 13.3. The molecule has 0 aromatic heterocycles. The van der Waals surface area contributed by atoms with Crippen LogP contribution >= 0.6 is 11.6 Å². The Morgan fingerprint density at radius 1 is 1.47 bits per heavy atom. The predicted octanol–water partition coefficient (Wildman–Crippen LogP) is 1.28. The van der Waals surface area contributed by atoms with E-state index in [1.807, 2.05) is 0 Å². The maximum absolute atomic E-state index is 13.3. The molecule has 19 heavy (non-hydrogen) atoms. The van der Waals surface area contributed by atoms with E-state index in [0.29, 0.717) is 0 Å². The van der Waals surface area contributed by atoms with Gasteiger partial charge in [-0.1, -0.05) is 11.6 Å². The highest BCUT2D eigenvalue weighted by atomic mass is 35.5. The number of nitrogens with two attached hydrogens (primary N) is 1. The number of rotatable bonds is 3. The van der Waals surface area contributed by atoms with Gasteiger partial charge in [-0.25, -0.2) is 12.8 Å². The molecule has 7 heteroatoms. The third-order valence-electron chi connectivity index (χ3n) is 3.61. The van der Waals surface area contributed by atoms with Crippen LogP contribution in [0.2, 0.25) is 5.02 Å². The van der Waals surface area contributed by atoms with Crippen LogP contribution in [0.5, 0.6) is 0 Å². The largest absolute Gasteiger partial charge is 0.388 e. The van der Waals surface area contributed by atoms with Crippen LogP contribution in [0, 0.1) is 11.2 Å². The Hall–Kier alpha value is -0.690. The first-order valence-electron chi connectivity index (χ1n) is 5.83. The highest BCUT2D eigenvalue weighted by Gasteiger charge is 2.47. The van der Waals surface area contributed by atoms with E-state index in [-0.39, 0.29) is 35.1 Å². The van der Waals surface area contributed by atoms with Crippen molar-refractivity contribution in [3.8, 4) is 0 Å². The summed E-state index contributed by atoms with van der Waals surface area (Å²) in [5.41, 5.74) is 4.95. The molecule has 2 unspecified atom stereocenters. The van der Waals surface area contributed by atoms with Gasteiger partial charge in [0.25, 0.3) is 0 Å². The molecule has 1 saturated heterocycles. The normalized spacial score (nSPS) is 27.4. The summed E-state index contributed by atoms with van der Waals surface area (Å²) in [6.07, 6.45) is -0.885. The van der Waals surface area contributed by atoms with Gasteiger partial charge in [-0.3, -0.25) is 0 Å². The van der Waals surface area contributed by atoms with Crippen molar-refractivity contribution in [3.63, 3.8) is 0 Å². The zero-order valence-electron chi connectivity index (χ0n) is 10.1. The second-order valence-corrected chi connectivity index (χ2v) is 7.63. The van der Waals surface area contributed by atoms with E-state index >= 15 is 0 Å².